The van der Waals surface area contributed by atoms with E-state index in [0.717, 1.165) is 70.9 Å². The quantitative estimate of drug-likeness (QED) is 0.574. The van der Waals surface area contributed by atoms with Crippen LogP contribution in [0.15, 0.2) is 24.3 Å². The molecule has 0 aliphatic carbocycles. The third-order valence-corrected chi connectivity index (χ3v) is 4.90. The second kappa shape index (κ2) is 9.97. The average Bonchev–Trinajstić information content (AvgIpc) is 2.69. The van der Waals surface area contributed by atoms with E-state index in [1.165, 1.54) is 12.1 Å². The van der Waals surface area contributed by atoms with E-state index in [9.17, 15) is 0 Å². The molecule has 2 aliphatic rings. The Morgan fingerprint density at radius 3 is 2.76 bits per heavy atom. The molecule has 0 bridgehead atoms. The van der Waals surface area contributed by atoms with Crippen molar-refractivity contribution >= 4 is 5.69 Å². The van der Waals surface area contributed by atoms with Crippen LogP contribution in [-0.4, -0.2) is 64.2 Å². The number of benzene rings is 1. The fourth-order valence-corrected chi connectivity index (χ4v) is 3.43. The maximum Gasteiger partial charge on any atom is 0.177 e. The van der Waals surface area contributed by atoms with E-state index in [0.29, 0.717) is 0 Å². The zero-order chi connectivity index (χ0) is 17.3. The summed E-state index contributed by atoms with van der Waals surface area (Å²) in [5.74, 6) is 0.960. The van der Waals surface area contributed by atoms with Gasteiger partial charge in [-0.15, -0.1) is 0 Å². The molecule has 1 N–H and O–H groups in total. The van der Waals surface area contributed by atoms with E-state index in [1.54, 1.807) is 7.11 Å². The number of hydrogen-bond acceptors (Lipinski definition) is 6. The minimum absolute atomic E-state index is 0.0573. The largest absolute Gasteiger partial charge is 0.495 e. The topological polar surface area (TPSA) is 46.2 Å². The number of rotatable bonds is 8. The maximum atomic E-state index is 5.56. The number of hydroxylamine groups is 1. The summed E-state index contributed by atoms with van der Waals surface area (Å²) < 4.78 is 11.0. The molecule has 0 spiro atoms. The summed E-state index contributed by atoms with van der Waals surface area (Å²) >= 11 is 0. The zero-order valence-electron chi connectivity index (χ0n) is 15.3. The van der Waals surface area contributed by atoms with Gasteiger partial charge in [0.1, 0.15) is 5.75 Å². The first-order valence-electron chi connectivity index (χ1n) is 9.47. The lowest BCUT2D eigenvalue weighted by molar-refractivity contribution is -0.196. The smallest absolute Gasteiger partial charge is 0.177 e. The lowest BCUT2D eigenvalue weighted by atomic mass is 10.2. The van der Waals surface area contributed by atoms with Gasteiger partial charge in [-0.3, -0.25) is 9.74 Å². The van der Waals surface area contributed by atoms with Crippen LogP contribution < -0.4 is 15.1 Å². The maximum absolute atomic E-state index is 5.56. The number of ether oxygens (including phenoxy) is 2. The summed E-state index contributed by atoms with van der Waals surface area (Å²) in [6.07, 6.45) is 4.38. The summed E-state index contributed by atoms with van der Waals surface area (Å²) in [6, 6.07) is 8.27. The number of hydrogen-bond donors (Lipinski definition) is 1. The second-order valence-electron chi connectivity index (χ2n) is 6.66. The third-order valence-electron chi connectivity index (χ3n) is 4.90. The van der Waals surface area contributed by atoms with Gasteiger partial charge >= 0.3 is 0 Å². The molecular formula is C19H31N3O3. The molecule has 1 aromatic carbocycles. The Morgan fingerprint density at radius 2 is 2.00 bits per heavy atom. The highest BCUT2D eigenvalue weighted by Gasteiger charge is 2.19. The highest BCUT2D eigenvalue weighted by molar-refractivity contribution is 5.58. The average molecular weight is 349 g/mol. The minimum atomic E-state index is -0.0573. The Bertz CT molecular complexity index is 500. The predicted molar refractivity (Wildman–Crippen MR) is 98.9 cm³/mol. The van der Waals surface area contributed by atoms with Crippen LogP contribution >= 0.6 is 0 Å². The molecule has 6 nitrogen and oxygen atoms in total. The van der Waals surface area contributed by atoms with Crippen LogP contribution in [0.2, 0.25) is 0 Å². The number of nitrogens with one attached hydrogen (secondary N) is 1. The van der Waals surface area contributed by atoms with E-state index in [2.05, 4.69) is 27.4 Å². The molecule has 25 heavy (non-hydrogen) atoms. The van der Waals surface area contributed by atoms with Crippen molar-refractivity contribution in [3.63, 3.8) is 0 Å². The Hall–Kier alpha value is -1.34. The van der Waals surface area contributed by atoms with Crippen molar-refractivity contribution in [1.82, 2.24) is 10.4 Å². The Kier molecular flexibility index (Phi) is 7.36. The van der Waals surface area contributed by atoms with E-state index >= 15 is 0 Å². The van der Waals surface area contributed by atoms with Gasteiger partial charge in [0.2, 0.25) is 0 Å². The molecule has 6 heteroatoms. The van der Waals surface area contributed by atoms with E-state index in [-0.39, 0.29) is 6.29 Å². The van der Waals surface area contributed by atoms with E-state index in [1.807, 2.05) is 12.1 Å². The number of piperazine rings is 1. The fourth-order valence-electron chi connectivity index (χ4n) is 3.43. The van der Waals surface area contributed by atoms with Gasteiger partial charge in [-0.2, -0.15) is 5.48 Å². The molecule has 1 atom stereocenters. The Balaban J connectivity index is 1.30. The van der Waals surface area contributed by atoms with Crippen LogP contribution in [-0.2, 0) is 9.57 Å². The van der Waals surface area contributed by atoms with Crippen molar-refractivity contribution in [2.24, 2.45) is 0 Å². The second-order valence-corrected chi connectivity index (χ2v) is 6.66. The number of nitrogens with zero attached hydrogens (tertiary/aromatic N) is 2. The highest BCUT2D eigenvalue weighted by atomic mass is 16.8. The van der Waals surface area contributed by atoms with Gasteiger partial charge in [-0.05, 0) is 37.9 Å². The van der Waals surface area contributed by atoms with Crippen molar-refractivity contribution in [2.45, 2.75) is 32.0 Å². The number of methoxy groups -OCH3 is 1. The van der Waals surface area contributed by atoms with E-state index in [4.69, 9.17) is 14.3 Å². The Morgan fingerprint density at radius 1 is 1.16 bits per heavy atom. The molecule has 0 aromatic heterocycles. The molecule has 2 fully saturated rings. The van der Waals surface area contributed by atoms with Crippen molar-refractivity contribution in [3.05, 3.63) is 24.3 Å². The van der Waals surface area contributed by atoms with Crippen LogP contribution in [0.1, 0.15) is 25.7 Å². The summed E-state index contributed by atoms with van der Waals surface area (Å²) in [5.41, 5.74) is 4.27. The minimum Gasteiger partial charge on any atom is -0.495 e. The fraction of sp³-hybridized carbons (Fsp3) is 0.684. The lowest BCUT2D eigenvalue weighted by Crippen LogP contribution is -2.47. The normalized spacial score (nSPS) is 22.1. The molecule has 1 unspecified atom stereocenters. The summed E-state index contributed by atoms with van der Waals surface area (Å²) in [4.78, 5) is 10.5. The highest BCUT2D eigenvalue weighted by Crippen LogP contribution is 2.28. The molecule has 1 aromatic rings. The zero-order valence-corrected chi connectivity index (χ0v) is 15.3. The molecule has 140 valence electrons. The van der Waals surface area contributed by atoms with Crippen LogP contribution in [0.4, 0.5) is 5.69 Å². The van der Waals surface area contributed by atoms with Crippen molar-refractivity contribution < 1.29 is 14.3 Å². The molecule has 2 aliphatic heterocycles. The molecular weight excluding hydrogens is 318 g/mol. The van der Waals surface area contributed by atoms with E-state index < -0.39 is 0 Å². The summed E-state index contributed by atoms with van der Waals surface area (Å²) in [5, 5.41) is 0. The van der Waals surface area contributed by atoms with Crippen LogP contribution in [0, 0.1) is 0 Å². The van der Waals surface area contributed by atoms with Gasteiger partial charge in [-0.25, -0.2) is 0 Å². The third kappa shape index (κ3) is 5.57. The first-order chi connectivity index (χ1) is 12.4. The number of anilines is 1. The summed E-state index contributed by atoms with van der Waals surface area (Å²) in [7, 11) is 1.74. The first-order valence-corrected chi connectivity index (χ1v) is 9.47. The molecule has 0 radical (unpaired) electrons. The van der Waals surface area contributed by atoms with Gasteiger partial charge < -0.3 is 14.4 Å². The van der Waals surface area contributed by atoms with Crippen molar-refractivity contribution in [2.75, 3.05) is 57.9 Å². The van der Waals surface area contributed by atoms with Crippen LogP contribution in [0.25, 0.3) is 0 Å². The first kappa shape index (κ1) is 18.5. The standard InChI is InChI=1S/C19H31N3O3/c1-23-18-8-3-2-7-17(18)22-14-12-21(13-15-22)11-6-10-20-25-19-9-4-5-16-24-19/h2-3,7-8,19-20H,4-6,9-16H2,1H3. The SMILES string of the molecule is COc1ccccc1N1CCN(CCCNOC2CCCCO2)CC1. The van der Waals surface area contributed by atoms with Gasteiger partial charge in [-0.1, -0.05) is 12.1 Å². The molecule has 2 saturated heterocycles. The molecule has 3 rings (SSSR count). The lowest BCUT2D eigenvalue weighted by Gasteiger charge is -2.36. The molecule has 0 amide bonds. The molecule has 2 heterocycles. The van der Waals surface area contributed by atoms with Gasteiger partial charge in [0.25, 0.3) is 0 Å². The van der Waals surface area contributed by atoms with Gasteiger partial charge in [0.05, 0.1) is 12.8 Å². The Labute approximate surface area is 151 Å². The molecule has 0 saturated carbocycles. The van der Waals surface area contributed by atoms with Gasteiger partial charge in [0, 0.05) is 45.8 Å². The van der Waals surface area contributed by atoms with Gasteiger partial charge in [0.15, 0.2) is 6.29 Å². The number of para-hydroxylation sites is 2. The predicted octanol–water partition coefficient (Wildman–Crippen LogP) is 2.26. The van der Waals surface area contributed by atoms with Crippen LogP contribution in [0.3, 0.4) is 0 Å². The monoisotopic (exact) mass is 349 g/mol. The van der Waals surface area contributed by atoms with Crippen molar-refractivity contribution in [1.29, 1.82) is 0 Å². The van der Waals surface area contributed by atoms with Crippen molar-refractivity contribution in [3.8, 4) is 5.75 Å². The summed E-state index contributed by atoms with van der Waals surface area (Å²) in [6.45, 7) is 7.05. The van der Waals surface area contributed by atoms with Crippen LogP contribution in [0.5, 0.6) is 5.75 Å².